The Bertz CT molecular complexity index is 514. The van der Waals surface area contributed by atoms with Crippen LogP contribution in [-0.2, 0) is 6.42 Å². The molecule has 3 nitrogen and oxygen atoms in total. The number of benzene rings is 1. The summed E-state index contributed by atoms with van der Waals surface area (Å²) in [6.45, 7) is 7.78. The number of fused-ring (bicyclic) bond motifs is 1. The third kappa shape index (κ3) is 3.37. The van der Waals surface area contributed by atoms with Gasteiger partial charge in [0.05, 0.1) is 18.7 Å². The van der Waals surface area contributed by atoms with Gasteiger partial charge in [0.1, 0.15) is 11.5 Å². The Balaban J connectivity index is 2.64. The fourth-order valence-electron chi connectivity index (χ4n) is 3.32. The second kappa shape index (κ2) is 6.57. The van der Waals surface area contributed by atoms with Crippen LogP contribution in [0.2, 0.25) is 0 Å². The number of halogens is 1. The molecule has 1 aliphatic carbocycles. The predicted molar refractivity (Wildman–Crippen MR) is 90.4 cm³/mol. The molecule has 0 spiro atoms. The molecular formula is C17H26BrNO2. The average molecular weight is 356 g/mol. The van der Waals surface area contributed by atoms with Crippen molar-refractivity contribution < 1.29 is 9.47 Å². The molecule has 0 amide bonds. The summed E-state index contributed by atoms with van der Waals surface area (Å²) in [5.41, 5.74) is 2.85. The van der Waals surface area contributed by atoms with Crippen molar-refractivity contribution >= 4 is 15.9 Å². The van der Waals surface area contributed by atoms with E-state index in [0.29, 0.717) is 11.5 Å². The van der Waals surface area contributed by atoms with Gasteiger partial charge in [0.15, 0.2) is 0 Å². The summed E-state index contributed by atoms with van der Waals surface area (Å²) >= 11 is 3.63. The molecule has 1 N–H and O–H groups in total. The largest absolute Gasteiger partial charge is 0.496 e. The second-order valence-electron chi connectivity index (χ2n) is 6.46. The van der Waals surface area contributed by atoms with Gasteiger partial charge in [0, 0.05) is 17.2 Å². The maximum atomic E-state index is 5.70. The van der Waals surface area contributed by atoms with Crippen molar-refractivity contribution in [3.63, 3.8) is 0 Å². The van der Waals surface area contributed by atoms with Gasteiger partial charge in [-0.3, -0.25) is 0 Å². The Hall–Kier alpha value is -0.740. The zero-order chi connectivity index (χ0) is 15.6. The smallest absolute Gasteiger partial charge is 0.138 e. The highest BCUT2D eigenvalue weighted by molar-refractivity contribution is 9.10. The maximum absolute atomic E-state index is 5.70. The number of methoxy groups -OCH3 is 2. The molecule has 0 aliphatic heterocycles. The van der Waals surface area contributed by atoms with Crippen LogP contribution in [0.1, 0.15) is 50.8 Å². The number of hydrogen-bond donors (Lipinski definition) is 1. The van der Waals surface area contributed by atoms with Crippen molar-refractivity contribution in [3.05, 3.63) is 21.7 Å². The van der Waals surface area contributed by atoms with Gasteiger partial charge in [-0.2, -0.15) is 0 Å². The van der Waals surface area contributed by atoms with Gasteiger partial charge in [-0.25, -0.2) is 0 Å². The molecule has 1 aromatic carbocycles. The lowest BCUT2D eigenvalue weighted by molar-refractivity contribution is 0.272. The molecular weight excluding hydrogens is 330 g/mol. The normalized spacial score (nSPS) is 20.6. The van der Waals surface area contributed by atoms with Gasteiger partial charge in [-0.1, -0.05) is 20.8 Å². The molecule has 1 atom stereocenters. The highest BCUT2D eigenvalue weighted by Crippen LogP contribution is 2.48. The molecule has 1 aromatic rings. The molecule has 0 radical (unpaired) electrons. The molecule has 1 unspecified atom stereocenters. The average Bonchev–Trinajstić information content (AvgIpc) is 2.56. The van der Waals surface area contributed by atoms with Crippen molar-refractivity contribution in [1.82, 2.24) is 5.32 Å². The fourth-order valence-corrected chi connectivity index (χ4v) is 3.91. The van der Waals surface area contributed by atoms with E-state index >= 15 is 0 Å². The van der Waals surface area contributed by atoms with Crippen molar-refractivity contribution in [2.24, 2.45) is 5.41 Å². The Morgan fingerprint density at radius 3 is 2.62 bits per heavy atom. The van der Waals surface area contributed by atoms with Crippen LogP contribution in [0.25, 0.3) is 0 Å². The molecule has 4 heteroatoms. The van der Waals surface area contributed by atoms with E-state index in [4.69, 9.17) is 9.47 Å². The predicted octanol–water partition coefficient (Wildman–Crippen LogP) is 4.48. The summed E-state index contributed by atoms with van der Waals surface area (Å²) in [5.74, 6) is 1.90. The zero-order valence-corrected chi connectivity index (χ0v) is 15.3. The Morgan fingerprint density at radius 2 is 2.05 bits per heavy atom. The first-order chi connectivity index (χ1) is 9.93. The molecule has 1 aliphatic rings. The van der Waals surface area contributed by atoms with Crippen LogP contribution in [0.15, 0.2) is 10.5 Å². The lowest BCUT2D eigenvalue weighted by atomic mass is 9.83. The van der Waals surface area contributed by atoms with Crippen LogP contribution in [0, 0.1) is 5.41 Å². The molecule has 0 fully saturated rings. The standard InChI is InChI=1S/C17H26BrNO2/c1-6-19-13-10-17(2,3)8-7-11-14(20-4)9-12(18)16(21-5)15(11)13/h9,13,19H,6-8,10H2,1-5H3. The molecule has 21 heavy (non-hydrogen) atoms. The number of rotatable bonds is 4. The van der Waals surface area contributed by atoms with E-state index in [1.165, 1.54) is 11.1 Å². The van der Waals surface area contributed by atoms with E-state index < -0.39 is 0 Å². The molecule has 0 saturated carbocycles. The zero-order valence-electron chi connectivity index (χ0n) is 13.7. The Kier molecular flexibility index (Phi) is 5.20. The van der Waals surface area contributed by atoms with E-state index in [9.17, 15) is 0 Å². The summed E-state index contributed by atoms with van der Waals surface area (Å²) < 4.78 is 12.3. The van der Waals surface area contributed by atoms with Crippen LogP contribution < -0.4 is 14.8 Å². The van der Waals surface area contributed by atoms with E-state index in [-0.39, 0.29) is 0 Å². The molecule has 0 bridgehead atoms. The summed E-state index contributed by atoms with van der Waals surface area (Å²) in [6.07, 6.45) is 3.28. The van der Waals surface area contributed by atoms with Crippen LogP contribution >= 0.6 is 15.9 Å². The van der Waals surface area contributed by atoms with Gasteiger partial charge in [0.2, 0.25) is 0 Å². The molecule has 0 heterocycles. The van der Waals surface area contributed by atoms with Gasteiger partial charge in [0.25, 0.3) is 0 Å². The highest BCUT2D eigenvalue weighted by Gasteiger charge is 2.33. The monoisotopic (exact) mass is 355 g/mol. The lowest BCUT2D eigenvalue weighted by Gasteiger charge is -2.28. The van der Waals surface area contributed by atoms with Gasteiger partial charge >= 0.3 is 0 Å². The molecule has 0 saturated heterocycles. The van der Waals surface area contributed by atoms with E-state index in [2.05, 4.69) is 42.0 Å². The Labute approximate surface area is 136 Å². The molecule has 0 aromatic heterocycles. The minimum atomic E-state index is 0.295. The van der Waals surface area contributed by atoms with E-state index in [1.807, 2.05) is 6.07 Å². The SMILES string of the molecule is CCNC1CC(C)(C)CCc2c(OC)cc(Br)c(OC)c21. The lowest BCUT2D eigenvalue weighted by Crippen LogP contribution is -2.26. The first-order valence-corrected chi connectivity index (χ1v) is 8.39. The van der Waals surface area contributed by atoms with Crippen molar-refractivity contribution in [1.29, 1.82) is 0 Å². The van der Waals surface area contributed by atoms with Gasteiger partial charge < -0.3 is 14.8 Å². The summed E-state index contributed by atoms with van der Waals surface area (Å²) in [7, 11) is 3.48. The molecule has 118 valence electrons. The minimum absolute atomic E-state index is 0.295. The third-order valence-electron chi connectivity index (χ3n) is 4.37. The quantitative estimate of drug-likeness (QED) is 0.807. The topological polar surface area (TPSA) is 30.5 Å². The van der Waals surface area contributed by atoms with Crippen molar-refractivity contribution in [2.75, 3.05) is 20.8 Å². The number of hydrogen-bond acceptors (Lipinski definition) is 3. The fraction of sp³-hybridized carbons (Fsp3) is 0.647. The van der Waals surface area contributed by atoms with Crippen LogP contribution in [0.5, 0.6) is 11.5 Å². The van der Waals surface area contributed by atoms with E-state index in [1.54, 1.807) is 14.2 Å². The van der Waals surface area contributed by atoms with Crippen LogP contribution in [0.4, 0.5) is 0 Å². The third-order valence-corrected chi connectivity index (χ3v) is 4.96. The van der Waals surface area contributed by atoms with Gasteiger partial charge in [-0.15, -0.1) is 0 Å². The maximum Gasteiger partial charge on any atom is 0.138 e. The first-order valence-electron chi connectivity index (χ1n) is 7.60. The van der Waals surface area contributed by atoms with Crippen LogP contribution in [0.3, 0.4) is 0 Å². The Morgan fingerprint density at radius 1 is 1.33 bits per heavy atom. The minimum Gasteiger partial charge on any atom is -0.496 e. The number of nitrogens with one attached hydrogen (secondary N) is 1. The summed E-state index contributed by atoms with van der Waals surface area (Å²) in [6, 6.07) is 2.32. The van der Waals surface area contributed by atoms with Crippen molar-refractivity contribution in [3.8, 4) is 11.5 Å². The summed E-state index contributed by atoms with van der Waals surface area (Å²) in [5, 5.41) is 3.63. The van der Waals surface area contributed by atoms with E-state index in [0.717, 1.165) is 41.8 Å². The van der Waals surface area contributed by atoms with Crippen molar-refractivity contribution in [2.45, 2.75) is 46.1 Å². The molecule has 2 rings (SSSR count). The van der Waals surface area contributed by atoms with Gasteiger partial charge in [-0.05, 0) is 53.2 Å². The first kappa shape index (κ1) is 16.6. The number of ether oxygens (including phenoxy) is 2. The van der Waals surface area contributed by atoms with Crippen LogP contribution in [-0.4, -0.2) is 20.8 Å². The second-order valence-corrected chi connectivity index (χ2v) is 7.32. The summed E-state index contributed by atoms with van der Waals surface area (Å²) in [4.78, 5) is 0. The highest BCUT2D eigenvalue weighted by atomic mass is 79.9.